The first-order valence-electron chi connectivity index (χ1n) is 8.36. The van der Waals surface area contributed by atoms with Gasteiger partial charge in [-0.25, -0.2) is 4.98 Å². The summed E-state index contributed by atoms with van der Waals surface area (Å²) in [5, 5.41) is 14.2. The number of likely N-dealkylation sites (tertiary alicyclic amines) is 1. The monoisotopic (exact) mass is 356 g/mol. The fraction of sp³-hybridized carbons (Fsp3) is 0.412. The molecule has 0 saturated carbocycles. The van der Waals surface area contributed by atoms with Gasteiger partial charge in [-0.05, 0) is 25.8 Å². The van der Waals surface area contributed by atoms with Gasteiger partial charge in [-0.1, -0.05) is 0 Å². The van der Waals surface area contributed by atoms with Crippen LogP contribution in [0.5, 0.6) is 0 Å². The Hall–Kier alpha value is -2.48. The van der Waals surface area contributed by atoms with Crippen LogP contribution >= 0.6 is 11.3 Å². The smallest absolute Gasteiger partial charge is 0.273 e. The number of H-pyrrole nitrogens is 1. The molecule has 3 aromatic rings. The normalized spacial score (nSPS) is 15.7. The van der Waals surface area contributed by atoms with E-state index >= 15 is 0 Å². The Kier molecular flexibility index (Phi) is 4.12. The molecule has 1 aliphatic rings. The van der Waals surface area contributed by atoms with Crippen LogP contribution in [0.25, 0.3) is 10.6 Å². The Bertz CT molecular complexity index is 886. The molecule has 0 unspecified atom stereocenters. The summed E-state index contributed by atoms with van der Waals surface area (Å²) in [6.45, 7) is 3.50. The van der Waals surface area contributed by atoms with Gasteiger partial charge in [0, 0.05) is 48.9 Å². The number of nitrogens with one attached hydrogen (secondary N) is 1. The van der Waals surface area contributed by atoms with E-state index in [1.165, 1.54) is 11.3 Å². The summed E-state index contributed by atoms with van der Waals surface area (Å²) in [5.74, 6) is 0.443. The minimum absolute atomic E-state index is 0.0167. The second-order valence-electron chi connectivity index (χ2n) is 6.48. The maximum absolute atomic E-state index is 12.7. The van der Waals surface area contributed by atoms with Crippen molar-refractivity contribution in [3.63, 3.8) is 0 Å². The molecule has 8 heteroatoms. The fourth-order valence-electron chi connectivity index (χ4n) is 3.22. The van der Waals surface area contributed by atoms with Crippen LogP contribution < -0.4 is 0 Å². The van der Waals surface area contributed by atoms with E-state index in [1.54, 1.807) is 10.9 Å². The molecule has 4 rings (SSSR count). The second-order valence-corrected chi connectivity index (χ2v) is 7.34. The summed E-state index contributed by atoms with van der Waals surface area (Å²) in [6, 6.07) is 2.10. The molecule has 130 valence electrons. The Morgan fingerprint density at radius 3 is 2.80 bits per heavy atom. The van der Waals surface area contributed by atoms with Crippen LogP contribution in [-0.2, 0) is 7.05 Å². The topological polar surface area (TPSA) is 79.7 Å². The maximum Gasteiger partial charge on any atom is 0.273 e. The standard InChI is InChI=1S/C17H20N6OS/c1-11-7-14(21-20-11)12-3-5-23(6-4-12)17(24)15-10-25-16(19-15)13-8-18-22(2)9-13/h7-10,12H,3-6H2,1-2H3,(H,20,21). The maximum atomic E-state index is 12.7. The number of piperidine rings is 1. The van der Waals surface area contributed by atoms with E-state index < -0.39 is 0 Å². The third-order valence-corrected chi connectivity index (χ3v) is 5.49. The molecule has 4 heterocycles. The van der Waals surface area contributed by atoms with Crippen molar-refractivity contribution >= 4 is 17.2 Å². The molecular weight excluding hydrogens is 336 g/mol. The first kappa shape index (κ1) is 16.0. The number of nitrogens with zero attached hydrogens (tertiary/aromatic N) is 5. The molecule has 0 spiro atoms. The highest BCUT2D eigenvalue weighted by Gasteiger charge is 2.27. The van der Waals surface area contributed by atoms with Crippen molar-refractivity contribution < 1.29 is 4.79 Å². The summed E-state index contributed by atoms with van der Waals surface area (Å²) in [4.78, 5) is 19.1. The summed E-state index contributed by atoms with van der Waals surface area (Å²) < 4.78 is 1.74. The number of rotatable bonds is 3. The highest BCUT2D eigenvalue weighted by Crippen LogP contribution is 2.29. The predicted molar refractivity (Wildman–Crippen MR) is 95.5 cm³/mol. The number of hydrogen-bond acceptors (Lipinski definition) is 5. The number of carbonyl (C=O) groups is 1. The molecule has 0 atom stereocenters. The highest BCUT2D eigenvalue weighted by molar-refractivity contribution is 7.13. The van der Waals surface area contributed by atoms with Crippen LogP contribution in [0.15, 0.2) is 23.8 Å². The zero-order valence-electron chi connectivity index (χ0n) is 14.3. The number of aromatic amines is 1. The van der Waals surface area contributed by atoms with Crippen molar-refractivity contribution in [3.05, 3.63) is 40.9 Å². The average molecular weight is 356 g/mol. The van der Waals surface area contributed by atoms with Gasteiger partial charge in [-0.2, -0.15) is 10.2 Å². The summed E-state index contributed by atoms with van der Waals surface area (Å²) in [7, 11) is 1.87. The minimum Gasteiger partial charge on any atom is -0.337 e. The zero-order valence-corrected chi connectivity index (χ0v) is 15.1. The fourth-order valence-corrected chi connectivity index (χ4v) is 3.99. The first-order chi connectivity index (χ1) is 12.1. The van der Waals surface area contributed by atoms with Crippen LogP contribution in [0.4, 0.5) is 0 Å². The van der Waals surface area contributed by atoms with Crippen LogP contribution in [-0.4, -0.2) is 48.9 Å². The first-order valence-corrected chi connectivity index (χ1v) is 9.24. The molecule has 0 radical (unpaired) electrons. The lowest BCUT2D eigenvalue weighted by Crippen LogP contribution is -2.38. The predicted octanol–water partition coefficient (Wildman–Crippen LogP) is 2.59. The Morgan fingerprint density at radius 1 is 1.36 bits per heavy atom. The van der Waals surface area contributed by atoms with Gasteiger partial charge >= 0.3 is 0 Å². The minimum atomic E-state index is 0.0167. The van der Waals surface area contributed by atoms with Crippen molar-refractivity contribution in [1.29, 1.82) is 0 Å². The van der Waals surface area contributed by atoms with E-state index in [0.29, 0.717) is 11.6 Å². The lowest BCUT2D eigenvalue weighted by molar-refractivity contribution is 0.0707. The van der Waals surface area contributed by atoms with E-state index in [2.05, 4.69) is 26.3 Å². The number of carbonyl (C=O) groups excluding carboxylic acids is 1. The number of aryl methyl sites for hydroxylation is 2. The molecule has 1 aliphatic heterocycles. The van der Waals surface area contributed by atoms with Crippen molar-refractivity contribution in [2.75, 3.05) is 13.1 Å². The SMILES string of the molecule is Cc1cc(C2CCN(C(=O)c3csc(-c4cnn(C)c4)n3)CC2)n[nH]1. The summed E-state index contributed by atoms with van der Waals surface area (Å²) in [6.07, 6.45) is 5.56. The average Bonchev–Trinajstić information content (AvgIpc) is 3.35. The van der Waals surface area contributed by atoms with Gasteiger partial charge in [0.1, 0.15) is 10.7 Å². The molecule has 1 saturated heterocycles. The van der Waals surface area contributed by atoms with Gasteiger partial charge in [0.15, 0.2) is 0 Å². The molecule has 1 amide bonds. The van der Waals surface area contributed by atoms with Gasteiger partial charge in [0.05, 0.1) is 11.9 Å². The van der Waals surface area contributed by atoms with E-state index in [1.807, 2.05) is 30.4 Å². The molecule has 0 aromatic carbocycles. The van der Waals surface area contributed by atoms with Crippen molar-refractivity contribution in [3.8, 4) is 10.6 Å². The lowest BCUT2D eigenvalue weighted by Gasteiger charge is -2.30. The Labute approximate surface area is 149 Å². The highest BCUT2D eigenvalue weighted by atomic mass is 32.1. The molecule has 7 nitrogen and oxygen atoms in total. The molecule has 3 aromatic heterocycles. The van der Waals surface area contributed by atoms with Gasteiger partial charge in [-0.15, -0.1) is 11.3 Å². The largest absolute Gasteiger partial charge is 0.337 e. The van der Waals surface area contributed by atoms with Crippen molar-refractivity contribution in [2.45, 2.75) is 25.7 Å². The number of aromatic nitrogens is 5. The van der Waals surface area contributed by atoms with E-state index in [4.69, 9.17) is 0 Å². The van der Waals surface area contributed by atoms with Crippen LogP contribution in [0.1, 0.15) is 40.6 Å². The molecule has 25 heavy (non-hydrogen) atoms. The van der Waals surface area contributed by atoms with E-state index in [-0.39, 0.29) is 5.91 Å². The second kappa shape index (κ2) is 6.44. The molecule has 1 N–H and O–H groups in total. The Balaban J connectivity index is 1.41. The van der Waals surface area contributed by atoms with Gasteiger partial charge < -0.3 is 4.90 Å². The zero-order chi connectivity index (χ0) is 17.4. The van der Waals surface area contributed by atoms with Gasteiger partial charge in [0.2, 0.25) is 0 Å². The van der Waals surface area contributed by atoms with Crippen molar-refractivity contribution in [2.24, 2.45) is 7.05 Å². The molecule has 0 aliphatic carbocycles. The summed E-state index contributed by atoms with van der Waals surface area (Å²) >= 11 is 1.48. The van der Waals surface area contributed by atoms with E-state index in [9.17, 15) is 4.79 Å². The molecular formula is C17H20N6OS. The van der Waals surface area contributed by atoms with Crippen LogP contribution in [0.3, 0.4) is 0 Å². The Morgan fingerprint density at radius 2 is 2.16 bits per heavy atom. The van der Waals surface area contributed by atoms with Crippen LogP contribution in [0, 0.1) is 6.92 Å². The van der Waals surface area contributed by atoms with E-state index in [0.717, 1.165) is 47.9 Å². The summed E-state index contributed by atoms with van der Waals surface area (Å²) in [5.41, 5.74) is 3.66. The third kappa shape index (κ3) is 3.21. The van der Waals surface area contributed by atoms with Crippen LogP contribution in [0.2, 0.25) is 0 Å². The number of amides is 1. The van der Waals surface area contributed by atoms with Crippen molar-refractivity contribution in [1.82, 2.24) is 29.9 Å². The molecule has 1 fully saturated rings. The quantitative estimate of drug-likeness (QED) is 0.782. The number of hydrogen-bond donors (Lipinski definition) is 1. The third-order valence-electron chi connectivity index (χ3n) is 4.60. The van der Waals surface area contributed by atoms with Gasteiger partial charge in [-0.3, -0.25) is 14.6 Å². The lowest BCUT2D eigenvalue weighted by atomic mass is 9.93. The number of thiazole rings is 1. The molecule has 0 bridgehead atoms. The van der Waals surface area contributed by atoms with Gasteiger partial charge in [0.25, 0.3) is 5.91 Å².